The second-order valence-electron chi connectivity index (χ2n) is 4.40. The molecule has 0 aliphatic carbocycles. The molecule has 0 spiro atoms. The molecule has 0 aliphatic rings. The van der Waals surface area contributed by atoms with E-state index in [-0.39, 0.29) is 35.1 Å². The first-order chi connectivity index (χ1) is 10.9. The van der Waals surface area contributed by atoms with Gasteiger partial charge in [0.15, 0.2) is 0 Å². The van der Waals surface area contributed by atoms with E-state index < -0.39 is 15.8 Å². The zero-order valence-electron chi connectivity index (χ0n) is 11.5. The maximum absolute atomic E-state index is 11.9. The van der Waals surface area contributed by atoms with Gasteiger partial charge in [-0.3, -0.25) is 29.7 Å². The fourth-order valence-electron chi connectivity index (χ4n) is 1.75. The van der Waals surface area contributed by atoms with Crippen molar-refractivity contribution in [3.63, 3.8) is 0 Å². The van der Waals surface area contributed by atoms with Crippen LogP contribution in [0.1, 0.15) is 10.4 Å². The summed E-state index contributed by atoms with van der Waals surface area (Å²) < 4.78 is 1.31. The maximum atomic E-state index is 11.9. The molecule has 0 unspecified atom stereocenters. The lowest BCUT2D eigenvalue weighted by molar-refractivity contribution is -0.385. The number of carbonyl (C=O) groups is 1. The van der Waals surface area contributed by atoms with Gasteiger partial charge in [-0.1, -0.05) is 11.6 Å². The molecule has 0 saturated heterocycles. The Hall–Kier alpha value is -3.01. The normalized spacial score (nSPS) is 10.3. The number of nitrogens with zero attached hydrogens (tertiary/aromatic N) is 4. The average Bonchev–Trinajstić information content (AvgIpc) is 2.96. The summed E-state index contributed by atoms with van der Waals surface area (Å²) in [4.78, 5) is 32.0. The molecule has 0 radical (unpaired) electrons. The van der Waals surface area contributed by atoms with Crippen molar-refractivity contribution in [1.29, 1.82) is 0 Å². The van der Waals surface area contributed by atoms with Gasteiger partial charge in [0.05, 0.1) is 16.4 Å². The van der Waals surface area contributed by atoms with Crippen LogP contribution in [0.4, 0.5) is 11.4 Å². The molecule has 1 heterocycles. The Morgan fingerprint density at radius 1 is 1.30 bits per heavy atom. The minimum Gasteiger partial charge on any atom is -0.350 e. The number of hydrogen-bond acceptors (Lipinski definition) is 6. The first-order valence-corrected chi connectivity index (χ1v) is 6.65. The van der Waals surface area contributed by atoms with E-state index in [1.807, 2.05) is 0 Å². The third-order valence-electron chi connectivity index (χ3n) is 2.86. The van der Waals surface area contributed by atoms with Crippen molar-refractivity contribution in [2.24, 2.45) is 0 Å². The van der Waals surface area contributed by atoms with Crippen molar-refractivity contribution in [2.45, 2.75) is 6.54 Å². The first kappa shape index (κ1) is 16.4. The number of amides is 1. The molecular weight excluding hydrogens is 330 g/mol. The van der Waals surface area contributed by atoms with Gasteiger partial charge < -0.3 is 5.32 Å². The predicted molar refractivity (Wildman–Crippen MR) is 79.3 cm³/mol. The van der Waals surface area contributed by atoms with Gasteiger partial charge in [0, 0.05) is 18.2 Å². The number of benzene rings is 1. The third-order valence-corrected chi connectivity index (χ3v) is 3.18. The molecule has 2 rings (SSSR count). The summed E-state index contributed by atoms with van der Waals surface area (Å²) in [5.41, 5.74) is -0.417. The van der Waals surface area contributed by atoms with Crippen LogP contribution in [0.25, 0.3) is 0 Å². The number of hydrogen-bond donors (Lipinski definition) is 1. The number of nitro benzene ring substituents is 1. The van der Waals surface area contributed by atoms with Crippen LogP contribution in [0.3, 0.4) is 0 Å². The summed E-state index contributed by atoms with van der Waals surface area (Å²) in [7, 11) is 0. The predicted octanol–water partition coefficient (Wildman–Crippen LogP) is 1.78. The Balaban J connectivity index is 1.95. The highest BCUT2D eigenvalue weighted by atomic mass is 35.5. The van der Waals surface area contributed by atoms with Crippen LogP contribution in [-0.4, -0.2) is 32.1 Å². The molecule has 0 atom stereocenters. The summed E-state index contributed by atoms with van der Waals surface area (Å²) in [5, 5.41) is 27.5. The standard InChI is InChI=1S/C12H10ClN5O5/c13-10-2-1-8(5-11(10)18(22)23)12(19)14-3-4-16-7-9(6-15-16)17(20)21/h1-2,5-7H,3-4H2,(H,14,19). The van der Waals surface area contributed by atoms with Crippen LogP contribution in [-0.2, 0) is 6.54 Å². The molecule has 0 fully saturated rings. The minimum atomic E-state index is -0.679. The van der Waals surface area contributed by atoms with E-state index in [0.717, 1.165) is 12.3 Å². The topological polar surface area (TPSA) is 133 Å². The molecular formula is C12H10ClN5O5. The van der Waals surface area contributed by atoms with Gasteiger partial charge in [0.25, 0.3) is 11.6 Å². The second kappa shape index (κ2) is 6.83. The Bertz CT molecular complexity index is 775. The monoisotopic (exact) mass is 339 g/mol. The maximum Gasteiger partial charge on any atom is 0.306 e. The number of nitro groups is 2. The Morgan fingerprint density at radius 2 is 2.04 bits per heavy atom. The van der Waals surface area contributed by atoms with E-state index in [2.05, 4.69) is 10.4 Å². The zero-order valence-corrected chi connectivity index (χ0v) is 12.3. The highest BCUT2D eigenvalue weighted by Gasteiger charge is 2.16. The van der Waals surface area contributed by atoms with Gasteiger partial charge in [0.2, 0.25) is 0 Å². The van der Waals surface area contributed by atoms with Crippen LogP contribution >= 0.6 is 11.6 Å². The molecule has 0 saturated carbocycles. The number of halogens is 1. The van der Waals surface area contributed by atoms with Gasteiger partial charge in [-0.25, -0.2) is 0 Å². The summed E-state index contributed by atoms with van der Waals surface area (Å²) in [6, 6.07) is 3.71. The quantitative estimate of drug-likeness (QED) is 0.629. The fraction of sp³-hybridized carbons (Fsp3) is 0.167. The summed E-state index contributed by atoms with van der Waals surface area (Å²) >= 11 is 5.67. The molecule has 1 amide bonds. The molecule has 0 aliphatic heterocycles. The van der Waals surface area contributed by atoms with Crippen LogP contribution < -0.4 is 5.32 Å². The molecule has 1 N–H and O–H groups in total. The van der Waals surface area contributed by atoms with Crippen molar-refractivity contribution in [2.75, 3.05) is 6.54 Å². The lowest BCUT2D eigenvalue weighted by Gasteiger charge is -2.05. The molecule has 23 heavy (non-hydrogen) atoms. The largest absolute Gasteiger partial charge is 0.350 e. The SMILES string of the molecule is O=C(NCCn1cc([N+](=O)[O-])cn1)c1ccc(Cl)c([N+](=O)[O-])c1. The second-order valence-corrected chi connectivity index (χ2v) is 4.81. The average molecular weight is 340 g/mol. The number of nitrogens with one attached hydrogen (secondary N) is 1. The molecule has 11 heteroatoms. The first-order valence-electron chi connectivity index (χ1n) is 6.27. The van der Waals surface area contributed by atoms with E-state index >= 15 is 0 Å². The number of carbonyl (C=O) groups excluding carboxylic acids is 1. The summed E-state index contributed by atoms with van der Waals surface area (Å²) in [6.07, 6.45) is 2.34. The van der Waals surface area contributed by atoms with E-state index in [1.165, 1.54) is 23.0 Å². The smallest absolute Gasteiger partial charge is 0.306 e. The third kappa shape index (κ3) is 4.01. The van der Waals surface area contributed by atoms with E-state index in [4.69, 9.17) is 11.6 Å². The summed E-state index contributed by atoms with van der Waals surface area (Å²) in [5.74, 6) is -0.522. The van der Waals surface area contributed by atoms with Crippen molar-refractivity contribution < 1.29 is 14.6 Å². The number of rotatable bonds is 6. The van der Waals surface area contributed by atoms with Crippen molar-refractivity contribution in [3.05, 3.63) is 61.4 Å². The van der Waals surface area contributed by atoms with Crippen molar-refractivity contribution in [1.82, 2.24) is 15.1 Å². The Morgan fingerprint density at radius 3 is 2.65 bits per heavy atom. The molecule has 10 nitrogen and oxygen atoms in total. The van der Waals surface area contributed by atoms with Crippen LogP contribution in [0, 0.1) is 20.2 Å². The highest BCUT2D eigenvalue weighted by molar-refractivity contribution is 6.32. The van der Waals surface area contributed by atoms with Gasteiger partial charge in [-0.2, -0.15) is 5.10 Å². The van der Waals surface area contributed by atoms with Crippen molar-refractivity contribution >= 4 is 28.9 Å². The molecule has 0 bridgehead atoms. The van der Waals surface area contributed by atoms with Gasteiger partial charge in [-0.05, 0) is 12.1 Å². The van der Waals surface area contributed by atoms with E-state index in [0.29, 0.717) is 0 Å². The van der Waals surface area contributed by atoms with E-state index in [1.54, 1.807) is 0 Å². The minimum absolute atomic E-state index is 0.0598. The molecule has 1 aromatic carbocycles. The number of aromatic nitrogens is 2. The van der Waals surface area contributed by atoms with Gasteiger partial charge in [0.1, 0.15) is 17.4 Å². The fourth-order valence-corrected chi connectivity index (χ4v) is 1.94. The Kier molecular flexibility index (Phi) is 4.86. The van der Waals surface area contributed by atoms with E-state index in [9.17, 15) is 25.0 Å². The van der Waals surface area contributed by atoms with Gasteiger partial charge >= 0.3 is 5.69 Å². The molecule has 2 aromatic rings. The highest BCUT2D eigenvalue weighted by Crippen LogP contribution is 2.24. The lowest BCUT2D eigenvalue weighted by Crippen LogP contribution is -2.27. The zero-order chi connectivity index (χ0) is 17.0. The van der Waals surface area contributed by atoms with Crippen LogP contribution in [0.5, 0.6) is 0 Å². The van der Waals surface area contributed by atoms with Gasteiger partial charge in [-0.15, -0.1) is 0 Å². The Labute approximate surface area is 134 Å². The lowest BCUT2D eigenvalue weighted by atomic mass is 10.2. The molecule has 1 aromatic heterocycles. The van der Waals surface area contributed by atoms with Crippen molar-refractivity contribution in [3.8, 4) is 0 Å². The van der Waals surface area contributed by atoms with Crippen LogP contribution in [0.15, 0.2) is 30.6 Å². The summed E-state index contributed by atoms with van der Waals surface area (Å²) in [6.45, 7) is 0.364. The van der Waals surface area contributed by atoms with Crippen LogP contribution in [0.2, 0.25) is 5.02 Å². The molecule has 120 valence electrons.